The second kappa shape index (κ2) is 4.77. The summed E-state index contributed by atoms with van der Waals surface area (Å²) < 4.78 is 0. The number of amides is 2. The first kappa shape index (κ1) is 12.0. The summed E-state index contributed by atoms with van der Waals surface area (Å²) in [6.45, 7) is 2.41. The predicted molar refractivity (Wildman–Crippen MR) is 62.6 cm³/mol. The molecule has 5 nitrogen and oxygen atoms in total. The van der Waals surface area contributed by atoms with Crippen LogP contribution in [0.15, 0.2) is 12.2 Å². The van der Waals surface area contributed by atoms with Gasteiger partial charge in [0, 0.05) is 12.6 Å². The van der Waals surface area contributed by atoms with Gasteiger partial charge >= 0.3 is 12.0 Å². The van der Waals surface area contributed by atoms with E-state index in [1.807, 2.05) is 19.1 Å². The van der Waals surface area contributed by atoms with Gasteiger partial charge in [0.2, 0.25) is 0 Å². The molecule has 2 amide bonds. The molecule has 0 aromatic carbocycles. The average Bonchev–Trinajstić information content (AvgIpc) is 2.86. The van der Waals surface area contributed by atoms with E-state index in [0.29, 0.717) is 6.54 Å². The summed E-state index contributed by atoms with van der Waals surface area (Å²) in [7, 11) is 0. The zero-order chi connectivity index (χ0) is 12.4. The number of carbonyl (C=O) groups excluding carboxylic acids is 1. The molecule has 17 heavy (non-hydrogen) atoms. The molecule has 0 radical (unpaired) electrons. The van der Waals surface area contributed by atoms with Crippen LogP contribution in [-0.2, 0) is 4.79 Å². The van der Waals surface area contributed by atoms with Gasteiger partial charge in [0.25, 0.3) is 0 Å². The predicted octanol–water partition coefficient (Wildman–Crippen LogP) is 1.21. The molecule has 1 aliphatic heterocycles. The minimum absolute atomic E-state index is 0.0277. The molecule has 2 atom stereocenters. The number of hydrogen-bond acceptors (Lipinski definition) is 2. The number of hydrogen-bond donors (Lipinski definition) is 2. The molecule has 1 heterocycles. The Morgan fingerprint density at radius 2 is 2.00 bits per heavy atom. The lowest BCUT2D eigenvalue weighted by Crippen LogP contribution is -2.49. The van der Waals surface area contributed by atoms with Gasteiger partial charge in [-0.2, -0.15) is 0 Å². The molecule has 2 N–H and O–H groups in total. The minimum atomic E-state index is -0.908. The number of carbonyl (C=O) groups is 2. The van der Waals surface area contributed by atoms with Crippen molar-refractivity contribution >= 4 is 12.0 Å². The van der Waals surface area contributed by atoms with Gasteiger partial charge in [0.05, 0.1) is 0 Å². The Morgan fingerprint density at radius 3 is 2.59 bits per heavy atom. The van der Waals surface area contributed by atoms with Crippen molar-refractivity contribution in [1.82, 2.24) is 10.2 Å². The third-order valence-corrected chi connectivity index (χ3v) is 3.55. The van der Waals surface area contributed by atoms with Crippen LogP contribution in [0.1, 0.15) is 26.2 Å². The second-order valence-corrected chi connectivity index (χ2v) is 4.83. The SMILES string of the molecule is CC1CCN(C(=O)NC2CC=CC2)C1C(=O)O. The molecule has 1 aliphatic carbocycles. The van der Waals surface area contributed by atoms with E-state index < -0.39 is 12.0 Å². The van der Waals surface area contributed by atoms with Crippen LogP contribution in [0, 0.1) is 5.92 Å². The van der Waals surface area contributed by atoms with Crippen LogP contribution >= 0.6 is 0 Å². The monoisotopic (exact) mass is 238 g/mol. The van der Waals surface area contributed by atoms with Crippen molar-refractivity contribution in [2.75, 3.05) is 6.54 Å². The van der Waals surface area contributed by atoms with E-state index in [1.165, 1.54) is 4.90 Å². The maximum absolute atomic E-state index is 12.0. The van der Waals surface area contributed by atoms with Crippen LogP contribution in [0.25, 0.3) is 0 Å². The normalized spacial score (nSPS) is 28.6. The lowest BCUT2D eigenvalue weighted by atomic mass is 10.0. The molecule has 2 aliphatic rings. The Balaban J connectivity index is 1.96. The van der Waals surface area contributed by atoms with Gasteiger partial charge in [-0.3, -0.25) is 0 Å². The summed E-state index contributed by atoms with van der Waals surface area (Å²) in [6.07, 6.45) is 6.51. The van der Waals surface area contributed by atoms with Crippen LogP contribution in [-0.4, -0.2) is 40.6 Å². The number of likely N-dealkylation sites (tertiary alicyclic amines) is 1. The Kier molecular flexibility index (Phi) is 3.36. The first-order valence-electron chi connectivity index (χ1n) is 6.04. The van der Waals surface area contributed by atoms with Crippen molar-refractivity contribution in [1.29, 1.82) is 0 Å². The van der Waals surface area contributed by atoms with Gasteiger partial charge in [-0.25, -0.2) is 9.59 Å². The van der Waals surface area contributed by atoms with E-state index in [-0.39, 0.29) is 18.0 Å². The average molecular weight is 238 g/mol. The van der Waals surface area contributed by atoms with E-state index in [0.717, 1.165) is 19.3 Å². The van der Waals surface area contributed by atoms with Crippen molar-refractivity contribution in [2.24, 2.45) is 5.92 Å². The molecule has 94 valence electrons. The first-order valence-corrected chi connectivity index (χ1v) is 6.04. The molecule has 0 aromatic heterocycles. The van der Waals surface area contributed by atoms with Crippen LogP contribution in [0.4, 0.5) is 4.79 Å². The Morgan fingerprint density at radius 1 is 1.35 bits per heavy atom. The Hall–Kier alpha value is -1.52. The number of aliphatic carboxylic acids is 1. The fourth-order valence-electron chi connectivity index (χ4n) is 2.54. The summed E-state index contributed by atoms with van der Waals surface area (Å²) in [5.74, 6) is -0.880. The third kappa shape index (κ3) is 2.43. The number of nitrogens with zero attached hydrogens (tertiary/aromatic N) is 1. The molecule has 0 aromatic rings. The fraction of sp³-hybridized carbons (Fsp3) is 0.667. The number of urea groups is 1. The molecule has 2 rings (SSSR count). The van der Waals surface area contributed by atoms with Gasteiger partial charge in [0.1, 0.15) is 6.04 Å². The topological polar surface area (TPSA) is 69.6 Å². The maximum atomic E-state index is 12.0. The Bertz CT molecular complexity index is 346. The van der Waals surface area contributed by atoms with Crippen LogP contribution in [0.5, 0.6) is 0 Å². The van der Waals surface area contributed by atoms with Crippen molar-refractivity contribution in [3.05, 3.63) is 12.2 Å². The van der Waals surface area contributed by atoms with Crippen LogP contribution < -0.4 is 5.32 Å². The number of rotatable bonds is 2. The van der Waals surface area contributed by atoms with Crippen LogP contribution in [0.2, 0.25) is 0 Å². The highest BCUT2D eigenvalue weighted by Crippen LogP contribution is 2.24. The molecular weight excluding hydrogens is 220 g/mol. The van der Waals surface area contributed by atoms with E-state index >= 15 is 0 Å². The number of carboxylic acid groups (broad SMARTS) is 1. The molecule has 0 bridgehead atoms. The number of carboxylic acids is 1. The zero-order valence-corrected chi connectivity index (χ0v) is 9.93. The van der Waals surface area contributed by atoms with Gasteiger partial charge in [0.15, 0.2) is 0 Å². The Labute approximate surface area is 100 Å². The molecule has 1 saturated heterocycles. The fourth-order valence-corrected chi connectivity index (χ4v) is 2.54. The van der Waals surface area contributed by atoms with Gasteiger partial charge in [-0.15, -0.1) is 0 Å². The maximum Gasteiger partial charge on any atom is 0.326 e. The summed E-state index contributed by atoms with van der Waals surface area (Å²) in [5, 5.41) is 12.0. The van der Waals surface area contributed by atoms with E-state index in [4.69, 9.17) is 5.11 Å². The van der Waals surface area contributed by atoms with Crippen molar-refractivity contribution < 1.29 is 14.7 Å². The summed E-state index contributed by atoms with van der Waals surface area (Å²) in [4.78, 5) is 24.6. The second-order valence-electron chi connectivity index (χ2n) is 4.83. The van der Waals surface area contributed by atoms with Gasteiger partial charge < -0.3 is 15.3 Å². The van der Waals surface area contributed by atoms with E-state index in [1.54, 1.807) is 0 Å². The van der Waals surface area contributed by atoms with Crippen molar-refractivity contribution in [2.45, 2.75) is 38.3 Å². The van der Waals surface area contributed by atoms with Gasteiger partial charge in [-0.05, 0) is 25.2 Å². The van der Waals surface area contributed by atoms with E-state index in [9.17, 15) is 9.59 Å². The molecule has 5 heteroatoms. The highest BCUT2D eigenvalue weighted by molar-refractivity contribution is 5.83. The van der Waals surface area contributed by atoms with Crippen LogP contribution in [0.3, 0.4) is 0 Å². The third-order valence-electron chi connectivity index (χ3n) is 3.55. The van der Waals surface area contributed by atoms with Crippen molar-refractivity contribution in [3.63, 3.8) is 0 Å². The smallest absolute Gasteiger partial charge is 0.326 e. The molecular formula is C12H18N2O3. The molecule has 2 unspecified atom stereocenters. The quantitative estimate of drug-likeness (QED) is 0.710. The first-order chi connectivity index (χ1) is 8.09. The zero-order valence-electron chi connectivity index (χ0n) is 9.93. The minimum Gasteiger partial charge on any atom is -0.480 e. The molecule has 1 fully saturated rings. The largest absolute Gasteiger partial charge is 0.480 e. The summed E-state index contributed by atoms with van der Waals surface area (Å²) >= 11 is 0. The summed E-state index contributed by atoms with van der Waals surface area (Å²) in [6, 6.07) is -0.785. The lowest BCUT2D eigenvalue weighted by molar-refractivity contribution is -0.142. The highest BCUT2D eigenvalue weighted by atomic mass is 16.4. The van der Waals surface area contributed by atoms with E-state index in [2.05, 4.69) is 5.32 Å². The van der Waals surface area contributed by atoms with Gasteiger partial charge in [-0.1, -0.05) is 19.1 Å². The highest BCUT2D eigenvalue weighted by Gasteiger charge is 2.39. The summed E-state index contributed by atoms with van der Waals surface area (Å²) in [5.41, 5.74) is 0. The number of nitrogens with one attached hydrogen (secondary N) is 1. The molecule has 0 spiro atoms. The molecule has 0 saturated carbocycles. The lowest BCUT2D eigenvalue weighted by Gasteiger charge is -2.25. The van der Waals surface area contributed by atoms with Crippen molar-refractivity contribution in [3.8, 4) is 0 Å². The standard InChI is InChI=1S/C12H18N2O3/c1-8-6-7-14(10(8)11(15)16)12(17)13-9-4-2-3-5-9/h2-3,8-10H,4-7H2,1H3,(H,13,17)(H,15,16).